The highest BCUT2D eigenvalue weighted by Crippen LogP contribution is 2.05. The van der Waals surface area contributed by atoms with E-state index in [1.807, 2.05) is 12.4 Å². The van der Waals surface area contributed by atoms with Crippen LogP contribution in [0.2, 0.25) is 0 Å². The molecule has 0 radical (unpaired) electrons. The van der Waals surface area contributed by atoms with Gasteiger partial charge in [-0.2, -0.15) is 0 Å². The Kier molecular flexibility index (Phi) is 8.63. The standard InChI is InChI=1S/C17H33N5/c1-6-18-17(20-9-7-8-14(2)3)21-12-16-19-10-11-22(16)13-15(4)5/h10-11,14-15H,6-9,12-13H2,1-5H3,(H2,18,20,21). The average molecular weight is 307 g/mol. The van der Waals surface area contributed by atoms with Gasteiger partial charge in [0.05, 0.1) is 0 Å². The van der Waals surface area contributed by atoms with Crippen LogP contribution in [0.5, 0.6) is 0 Å². The summed E-state index contributed by atoms with van der Waals surface area (Å²) in [5.41, 5.74) is 0. The van der Waals surface area contributed by atoms with Crippen LogP contribution in [-0.2, 0) is 13.1 Å². The predicted octanol–water partition coefficient (Wildman–Crippen LogP) is 3.03. The van der Waals surface area contributed by atoms with E-state index in [0.29, 0.717) is 12.5 Å². The maximum atomic E-state index is 4.65. The zero-order valence-corrected chi connectivity index (χ0v) is 14.9. The number of guanidine groups is 1. The summed E-state index contributed by atoms with van der Waals surface area (Å²) in [5.74, 6) is 3.27. The summed E-state index contributed by atoms with van der Waals surface area (Å²) in [6.45, 7) is 14.5. The molecule has 1 aromatic rings. The van der Waals surface area contributed by atoms with Gasteiger partial charge in [0.25, 0.3) is 0 Å². The van der Waals surface area contributed by atoms with Crippen molar-refractivity contribution in [2.45, 2.75) is 60.5 Å². The maximum absolute atomic E-state index is 4.65. The first-order chi connectivity index (χ1) is 10.5. The molecular weight excluding hydrogens is 274 g/mol. The Hall–Kier alpha value is -1.52. The van der Waals surface area contributed by atoms with Gasteiger partial charge in [-0.25, -0.2) is 9.98 Å². The molecule has 0 unspecified atom stereocenters. The SMILES string of the molecule is CCNC(=NCc1nccn1CC(C)C)NCCCC(C)C. The van der Waals surface area contributed by atoms with E-state index in [1.54, 1.807) is 0 Å². The highest BCUT2D eigenvalue weighted by atomic mass is 15.2. The van der Waals surface area contributed by atoms with Crippen molar-refractivity contribution in [3.8, 4) is 0 Å². The molecule has 1 heterocycles. The number of aliphatic imine (C=N–C) groups is 1. The fraction of sp³-hybridized carbons (Fsp3) is 0.765. The minimum Gasteiger partial charge on any atom is -0.357 e. The summed E-state index contributed by atoms with van der Waals surface area (Å²) in [7, 11) is 0. The quantitative estimate of drug-likeness (QED) is 0.419. The smallest absolute Gasteiger partial charge is 0.191 e. The fourth-order valence-electron chi connectivity index (χ4n) is 2.26. The lowest BCUT2D eigenvalue weighted by molar-refractivity contribution is 0.507. The maximum Gasteiger partial charge on any atom is 0.191 e. The molecule has 0 fully saturated rings. The van der Waals surface area contributed by atoms with Crippen molar-refractivity contribution in [2.75, 3.05) is 13.1 Å². The Bertz CT molecular complexity index is 434. The van der Waals surface area contributed by atoms with E-state index in [2.05, 4.69) is 59.8 Å². The van der Waals surface area contributed by atoms with Crippen LogP contribution >= 0.6 is 0 Å². The van der Waals surface area contributed by atoms with Crippen molar-refractivity contribution >= 4 is 5.96 Å². The lowest BCUT2D eigenvalue weighted by Gasteiger charge is -2.13. The van der Waals surface area contributed by atoms with Crippen LogP contribution in [0.3, 0.4) is 0 Å². The van der Waals surface area contributed by atoms with Gasteiger partial charge in [0.15, 0.2) is 5.96 Å². The first-order valence-electron chi connectivity index (χ1n) is 8.55. The van der Waals surface area contributed by atoms with Gasteiger partial charge in [0, 0.05) is 32.0 Å². The van der Waals surface area contributed by atoms with Gasteiger partial charge >= 0.3 is 0 Å². The van der Waals surface area contributed by atoms with Crippen molar-refractivity contribution in [1.82, 2.24) is 20.2 Å². The highest BCUT2D eigenvalue weighted by Gasteiger charge is 2.05. The average Bonchev–Trinajstić information content (AvgIpc) is 2.87. The molecular formula is C17H33N5. The Labute approximate surface area is 135 Å². The summed E-state index contributed by atoms with van der Waals surface area (Å²) < 4.78 is 2.19. The summed E-state index contributed by atoms with van der Waals surface area (Å²) in [5, 5.41) is 6.70. The minimum atomic E-state index is 0.610. The molecule has 0 aliphatic heterocycles. The van der Waals surface area contributed by atoms with E-state index >= 15 is 0 Å². The summed E-state index contributed by atoms with van der Waals surface area (Å²) >= 11 is 0. The first-order valence-corrected chi connectivity index (χ1v) is 8.55. The van der Waals surface area contributed by atoms with E-state index < -0.39 is 0 Å². The molecule has 0 saturated heterocycles. The van der Waals surface area contributed by atoms with Gasteiger partial charge in [-0.3, -0.25) is 0 Å². The van der Waals surface area contributed by atoms with Gasteiger partial charge in [-0.1, -0.05) is 27.7 Å². The van der Waals surface area contributed by atoms with Gasteiger partial charge in [0.2, 0.25) is 0 Å². The number of nitrogens with zero attached hydrogens (tertiary/aromatic N) is 3. The molecule has 1 aromatic heterocycles. The Morgan fingerprint density at radius 1 is 1.23 bits per heavy atom. The van der Waals surface area contributed by atoms with Crippen LogP contribution < -0.4 is 10.6 Å². The molecule has 5 nitrogen and oxygen atoms in total. The van der Waals surface area contributed by atoms with Crippen molar-refractivity contribution in [2.24, 2.45) is 16.8 Å². The van der Waals surface area contributed by atoms with Crippen molar-refractivity contribution in [3.05, 3.63) is 18.2 Å². The lowest BCUT2D eigenvalue weighted by Crippen LogP contribution is -2.37. The molecule has 0 aliphatic carbocycles. The fourth-order valence-corrected chi connectivity index (χ4v) is 2.26. The van der Waals surface area contributed by atoms with Gasteiger partial charge in [-0.05, 0) is 31.6 Å². The molecule has 1 rings (SSSR count). The van der Waals surface area contributed by atoms with Crippen LogP contribution in [0, 0.1) is 11.8 Å². The van der Waals surface area contributed by atoms with Gasteiger partial charge in [-0.15, -0.1) is 0 Å². The number of imidazole rings is 1. The summed E-state index contributed by atoms with van der Waals surface area (Å²) in [6.07, 6.45) is 6.30. The molecule has 2 N–H and O–H groups in total. The zero-order chi connectivity index (χ0) is 16.4. The van der Waals surface area contributed by atoms with E-state index in [0.717, 1.165) is 37.3 Å². The third-order valence-corrected chi connectivity index (χ3v) is 3.34. The number of hydrogen-bond acceptors (Lipinski definition) is 2. The third kappa shape index (κ3) is 7.48. The first kappa shape index (κ1) is 18.5. The molecule has 0 amide bonds. The van der Waals surface area contributed by atoms with Gasteiger partial charge in [0.1, 0.15) is 12.4 Å². The summed E-state index contributed by atoms with van der Waals surface area (Å²) in [4.78, 5) is 9.07. The number of nitrogens with one attached hydrogen (secondary N) is 2. The summed E-state index contributed by atoms with van der Waals surface area (Å²) in [6, 6.07) is 0. The number of aromatic nitrogens is 2. The molecule has 0 atom stereocenters. The molecule has 0 aliphatic rings. The Morgan fingerprint density at radius 2 is 2.00 bits per heavy atom. The second kappa shape index (κ2) is 10.2. The van der Waals surface area contributed by atoms with Crippen LogP contribution in [-0.4, -0.2) is 28.6 Å². The van der Waals surface area contributed by atoms with Crippen molar-refractivity contribution in [1.29, 1.82) is 0 Å². The zero-order valence-electron chi connectivity index (χ0n) is 14.9. The van der Waals surface area contributed by atoms with E-state index in [4.69, 9.17) is 0 Å². The second-order valence-electron chi connectivity index (χ2n) is 6.55. The Balaban J connectivity index is 2.52. The molecule has 5 heteroatoms. The van der Waals surface area contributed by atoms with E-state index in [1.165, 1.54) is 12.8 Å². The third-order valence-electron chi connectivity index (χ3n) is 3.34. The lowest BCUT2D eigenvalue weighted by atomic mass is 10.1. The van der Waals surface area contributed by atoms with Gasteiger partial charge < -0.3 is 15.2 Å². The topological polar surface area (TPSA) is 54.2 Å². The predicted molar refractivity (Wildman–Crippen MR) is 94.0 cm³/mol. The second-order valence-corrected chi connectivity index (χ2v) is 6.55. The van der Waals surface area contributed by atoms with Crippen molar-refractivity contribution < 1.29 is 0 Å². The van der Waals surface area contributed by atoms with Crippen LogP contribution in [0.4, 0.5) is 0 Å². The molecule has 0 aromatic carbocycles. The molecule has 22 heavy (non-hydrogen) atoms. The Morgan fingerprint density at radius 3 is 2.64 bits per heavy atom. The molecule has 0 spiro atoms. The minimum absolute atomic E-state index is 0.610. The highest BCUT2D eigenvalue weighted by molar-refractivity contribution is 5.79. The number of hydrogen-bond donors (Lipinski definition) is 2. The largest absolute Gasteiger partial charge is 0.357 e. The number of rotatable bonds is 9. The normalized spacial score (nSPS) is 12.2. The van der Waals surface area contributed by atoms with Crippen LogP contribution in [0.1, 0.15) is 53.3 Å². The van der Waals surface area contributed by atoms with Crippen LogP contribution in [0.15, 0.2) is 17.4 Å². The van der Waals surface area contributed by atoms with Crippen molar-refractivity contribution in [3.63, 3.8) is 0 Å². The molecule has 0 bridgehead atoms. The monoisotopic (exact) mass is 307 g/mol. The van der Waals surface area contributed by atoms with E-state index in [-0.39, 0.29) is 0 Å². The van der Waals surface area contributed by atoms with E-state index in [9.17, 15) is 0 Å². The molecule has 0 saturated carbocycles. The van der Waals surface area contributed by atoms with Crippen LogP contribution in [0.25, 0.3) is 0 Å². The molecule has 126 valence electrons.